The molecule has 2 heteroatoms. The van der Waals surface area contributed by atoms with Crippen molar-refractivity contribution < 1.29 is 4.79 Å². The summed E-state index contributed by atoms with van der Waals surface area (Å²) in [6.45, 7) is 9.37. The van der Waals surface area contributed by atoms with Gasteiger partial charge in [0.25, 0.3) is 0 Å². The first-order valence-electron chi connectivity index (χ1n) is 5.04. The van der Waals surface area contributed by atoms with E-state index in [9.17, 15) is 4.79 Å². The summed E-state index contributed by atoms with van der Waals surface area (Å²) in [7, 11) is 0. The average Bonchev–Trinajstić information content (AvgIpc) is 2.17. The molecule has 0 aliphatic carbocycles. The summed E-state index contributed by atoms with van der Waals surface area (Å²) in [6.07, 6.45) is 10.7. The third-order valence-electron chi connectivity index (χ3n) is 1.62. The smallest absolute Gasteiger partial charge is 0.244 e. The van der Waals surface area contributed by atoms with Crippen molar-refractivity contribution in [2.75, 3.05) is 0 Å². The quantitative estimate of drug-likeness (QED) is 0.542. The minimum absolute atomic E-state index is 0.0728. The van der Waals surface area contributed by atoms with Crippen molar-refractivity contribution in [2.45, 2.75) is 26.8 Å². The van der Waals surface area contributed by atoms with Crippen LogP contribution in [0.2, 0.25) is 0 Å². The van der Waals surface area contributed by atoms with Crippen LogP contribution < -0.4 is 5.32 Å². The standard InChI is InChI=1S/C13H19NO/c1-5-7-8-12(6-2)9-10-13(15)14-11(3)4/h5-11H,1H2,2-4H3,(H,14,15)/b8-7-,10-9+,12-6+. The van der Waals surface area contributed by atoms with Gasteiger partial charge in [-0.3, -0.25) is 4.79 Å². The summed E-state index contributed by atoms with van der Waals surface area (Å²) < 4.78 is 0. The van der Waals surface area contributed by atoms with Crippen molar-refractivity contribution in [1.29, 1.82) is 0 Å². The zero-order valence-corrected chi connectivity index (χ0v) is 9.66. The lowest BCUT2D eigenvalue weighted by Gasteiger charge is -2.04. The highest BCUT2D eigenvalue weighted by Gasteiger charge is 1.96. The molecule has 0 heterocycles. The molecular weight excluding hydrogens is 186 g/mol. The van der Waals surface area contributed by atoms with Crippen LogP contribution in [0.1, 0.15) is 20.8 Å². The van der Waals surface area contributed by atoms with Gasteiger partial charge in [-0.2, -0.15) is 0 Å². The molecule has 15 heavy (non-hydrogen) atoms. The highest BCUT2D eigenvalue weighted by Crippen LogP contribution is 1.99. The van der Waals surface area contributed by atoms with Gasteiger partial charge in [0, 0.05) is 12.1 Å². The molecule has 0 radical (unpaired) electrons. The maximum atomic E-state index is 11.3. The van der Waals surface area contributed by atoms with Gasteiger partial charge in [0.15, 0.2) is 0 Å². The van der Waals surface area contributed by atoms with Crippen LogP contribution in [-0.4, -0.2) is 11.9 Å². The van der Waals surface area contributed by atoms with Gasteiger partial charge in [-0.1, -0.05) is 30.9 Å². The van der Waals surface area contributed by atoms with Crippen molar-refractivity contribution in [3.8, 4) is 0 Å². The van der Waals surface area contributed by atoms with Gasteiger partial charge in [-0.05, 0) is 32.4 Å². The SMILES string of the molecule is C=C\C=C/C(/C=C/C(=O)NC(C)C)=C\C. The maximum Gasteiger partial charge on any atom is 0.244 e. The molecular formula is C13H19NO. The topological polar surface area (TPSA) is 29.1 Å². The largest absolute Gasteiger partial charge is 0.350 e. The van der Waals surface area contributed by atoms with E-state index in [2.05, 4.69) is 11.9 Å². The number of rotatable bonds is 5. The number of nitrogens with one attached hydrogen (secondary N) is 1. The number of allylic oxidation sites excluding steroid dienone is 6. The monoisotopic (exact) mass is 205 g/mol. The molecule has 0 aromatic carbocycles. The van der Waals surface area contributed by atoms with Crippen LogP contribution in [0.3, 0.4) is 0 Å². The molecule has 0 spiro atoms. The minimum atomic E-state index is -0.0728. The van der Waals surface area contributed by atoms with Gasteiger partial charge in [0.05, 0.1) is 0 Å². The predicted octanol–water partition coefficient (Wildman–Crippen LogP) is 2.76. The summed E-state index contributed by atoms with van der Waals surface area (Å²) in [4.78, 5) is 11.3. The number of hydrogen-bond acceptors (Lipinski definition) is 1. The van der Waals surface area contributed by atoms with E-state index in [4.69, 9.17) is 0 Å². The summed E-state index contributed by atoms with van der Waals surface area (Å²) in [5.74, 6) is -0.0728. The highest BCUT2D eigenvalue weighted by molar-refractivity contribution is 5.88. The Bertz CT molecular complexity index is 296. The van der Waals surface area contributed by atoms with Gasteiger partial charge in [0.1, 0.15) is 0 Å². The van der Waals surface area contributed by atoms with Crippen molar-refractivity contribution in [1.82, 2.24) is 5.32 Å². The molecule has 82 valence electrons. The van der Waals surface area contributed by atoms with Gasteiger partial charge in [-0.25, -0.2) is 0 Å². The Kier molecular flexibility index (Phi) is 6.98. The van der Waals surface area contributed by atoms with E-state index < -0.39 is 0 Å². The summed E-state index contributed by atoms with van der Waals surface area (Å²) in [6, 6.07) is 0.167. The normalized spacial score (nSPS) is 12.7. The number of carbonyl (C=O) groups excluding carboxylic acids is 1. The minimum Gasteiger partial charge on any atom is -0.350 e. The van der Waals surface area contributed by atoms with Gasteiger partial charge in [-0.15, -0.1) is 0 Å². The lowest BCUT2D eigenvalue weighted by Crippen LogP contribution is -2.28. The second-order valence-corrected chi connectivity index (χ2v) is 3.38. The van der Waals surface area contributed by atoms with E-state index >= 15 is 0 Å². The predicted molar refractivity (Wildman–Crippen MR) is 65.5 cm³/mol. The van der Waals surface area contributed by atoms with E-state index in [0.29, 0.717) is 0 Å². The highest BCUT2D eigenvalue weighted by atomic mass is 16.1. The first-order chi connectivity index (χ1) is 7.10. The molecule has 0 aromatic heterocycles. The second-order valence-electron chi connectivity index (χ2n) is 3.38. The van der Waals surface area contributed by atoms with E-state index in [0.717, 1.165) is 5.57 Å². The van der Waals surface area contributed by atoms with Crippen LogP contribution in [0.5, 0.6) is 0 Å². The third-order valence-corrected chi connectivity index (χ3v) is 1.62. The summed E-state index contributed by atoms with van der Waals surface area (Å²) in [5, 5.41) is 2.78. The van der Waals surface area contributed by atoms with Crippen LogP contribution in [0.15, 0.2) is 48.6 Å². The van der Waals surface area contributed by atoms with Crippen LogP contribution in [0, 0.1) is 0 Å². The Labute approximate surface area is 92.1 Å². The average molecular weight is 205 g/mol. The van der Waals surface area contributed by atoms with Crippen LogP contribution in [0.25, 0.3) is 0 Å². The molecule has 0 saturated carbocycles. The maximum absolute atomic E-state index is 11.3. The molecule has 0 aromatic rings. The molecule has 0 rings (SSSR count). The Morgan fingerprint density at radius 2 is 1.93 bits per heavy atom. The van der Waals surface area contributed by atoms with Crippen molar-refractivity contribution >= 4 is 5.91 Å². The molecule has 0 fully saturated rings. The van der Waals surface area contributed by atoms with Crippen LogP contribution in [-0.2, 0) is 4.79 Å². The first-order valence-corrected chi connectivity index (χ1v) is 5.04. The Morgan fingerprint density at radius 3 is 2.40 bits per heavy atom. The number of amides is 1. The molecule has 1 amide bonds. The van der Waals surface area contributed by atoms with E-state index in [1.54, 1.807) is 12.2 Å². The van der Waals surface area contributed by atoms with Gasteiger partial charge < -0.3 is 5.32 Å². The number of carbonyl (C=O) groups is 1. The Hall–Kier alpha value is -1.57. The van der Waals surface area contributed by atoms with E-state index in [1.807, 2.05) is 39.0 Å². The molecule has 0 atom stereocenters. The number of hydrogen-bond donors (Lipinski definition) is 1. The molecule has 1 N–H and O–H groups in total. The zero-order valence-electron chi connectivity index (χ0n) is 9.66. The van der Waals surface area contributed by atoms with Crippen molar-refractivity contribution in [3.05, 3.63) is 48.6 Å². The molecule has 0 bridgehead atoms. The summed E-state index contributed by atoms with van der Waals surface area (Å²) >= 11 is 0. The lowest BCUT2D eigenvalue weighted by molar-refractivity contribution is -0.116. The summed E-state index contributed by atoms with van der Waals surface area (Å²) in [5.41, 5.74) is 0.980. The molecule has 0 unspecified atom stereocenters. The molecule has 0 aliphatic rings. The fraction of sp³-hybridized carbons (Fsp3) is 0.308. The van der Waals surface area contributed by atoms with Crippen molar-refractivity contribution in [2.24, 2.45) is 0 Å². The Morgan fingerprint density at radius 1 is 1.27 bits per heavy atom. The molecule has 0 saturated heterocycles. The van der Waals surface area contributed by atoms with Crippen LogP contribution >= 0.6 is 0 Å². The first kappa shape index (κ1) is 13.4. The van der Waals surface area contributed by atoms with Crippen molar-refractivity contribution in [3.63, 3.8) is 0 Å². The van der Waals surface area contributed by atoms with E-state index in [-0.39, 0.29) is 11.9 Å². The van der Waals surface area contributed by atoms with Gasteiger partial charge >= 0.3 is 0 Å². The third kappa shape index (κ3) is 7.50. The fourth-order valence-electron chi connectivity index (χ4n) is 0.932. The Balaban J connectivity index is 4.30. The molecule has 0 aliphatic heterocycles. The fourth-order valence-corrected chi connectivity index (χ4v) is 0.932. The van der Waals surface area contributed by atoms with Gasteiger partial charge in [0.2, 0.25) is 5.91 Å². The lowest BCUT2D eigenvalue weighted by atomic mass is 10.2. The zero-order chi connectivity index (χ0) is 11.7. The van der Waals surface area contributed by atoms with E-state index in [1.165, 1.54) is 6.08 Å². The van der Waals surface area contributed by atoms with Crippen LogP contribution in [0.4, 0.5) is 0 Å². The second kappa shape index (κ2) is 7.80. The molecule has 2 nitrogen and oxygen atoms in total.